The zero-order chi connectivity index (χ0) is 9.07. The summed E-state index contributed by atoms with van der Waals surface area (Å²) in [5.74, 6) is 2.95. The van der Waals surface area contributed by atoms with Gasteiger partial charge in [0.25, 0.3) is 0 Å². The van der Waals surface area contributed by atoms with Gasteiger partial charge in [0.15, 0.2) is 0 Å². The third-order valence-corrected chi connectivity index (χ3v) is 8.89. The Labute approximate surface area is 76.0 Å². The molecule has 0 aliphatic rings. The summed E-state index contributed by atoms with van der Waals surface area (Å²) in [6, 6.07) is 0. The zero-order valence-corrected chi connectivity index (χ0v) is 9.79. The SMILES string of the molecule is CC#C[Si](Cl)(C(C)C)C(C)C. The second-order valence-electron chi connectivity index (χ2n) is 3.45. The van der Waals surface area contributed by atoms with Gasteiger partial charge in [0, 0.05) is 0 Å². The van der Waals surface area contributed by atoms with Crippen LogP contribution >= 0.6 is 11.1 Å². The zero-order valence-electron chi connectivity index (χ0n) is 8.03. The average Bonchev–Trinajstić information content (AvgIpc) is 1.87. The highest BCUT2D eigenvalue weighted by Crippen LogP contribution is 2.34. The van der Waals surface area contributed by atoms with Crippen LogP contribution < -0.4 is 0 Å². The first-order chi connectivity index (χ1) is 4.95. The molecule has 0 unspecified atom stereocenters. The van der Waals surface area contributed by atoms with Crippen molar-refractivity contribution in [3.63, 3.8) is 0 Å². The van der Waals surface area contributed by atoms with Crippen LogP contribution in [0.25, 0.3) is 0 Å². The Morgan fingerprint density at radius 1 is 1.09 bits per heavy atom. The molecule has 0 amide bonds. The van der Waals surface area contributed by atoms with E-state index in [-0.39, 0.29) is 0 Å². The molecule has 0 aromatic heterocycles. The van der Waals surface area contributed by atoms with Crippen LogP contribution in [0.2, 0.25) is 11.1 Å². The smallest absolute Gasteiger partial charge is 0.149 e. The lowest BCUT2D eigenvalue weighted by Crippen LogP contribution is -2.33. The van der Waals surface area contributed by atoms with Crippen LogP contribution in [0, 0.1) is 11.5 Å². The van der Waals surface area contributed by atoms with Crippen molar-refractivity contribution in [2.45, 2.75) is 45.7 Å². The highest BCUT2D eigenvalue weighted by molar-refractivity contribution is 7.26. The van der Waals surface area contributed by atoms with Crippen LogP contribution in [0.15, 0.2) is 0 Å². The molecule has 0 nitrogen and oxygen atoms in total. The van der Waals surface area contributed by atoms with E-state index in [0.717, 1.165) is 0 Å². The quantitative estimate of drug-likeness (QED) is 0.353. The topological polar surface area (TPSA) is 0 Å². The summed E-state index contributed by atoms with van der Waals surface area (Å²) in [4.78, 5) is 0. The minimum Gasteiger partial charge on any atom is -0.149 e. The Morgan fingerprint density at radius 2 is 1.45 bits per heavy atom. The molecule has 0 aliphatic carbocycles. The molecule has 0 fully saturated rings. The van der Waals surface area contributed by atoms with E-state index in [1.807, 2.05) is 6.92 Å². The number of hydrogen-bond donors (Lipinski definition) is 0. The molecule has 0 radical (unpaired) electrons. The van der Waals surface area contributed by atoms with Crippen LogP contribution in [0.5, 0.6) is 0 Å². The molecule has 0 heterocycles. The maximum absolute atomic E-state index is 6.47. The molecular formula is C9H17ClSi. The van der Waals surface area contributed by atoms with E-state index in [4.69, 9.17) is 11.1 Å². The van der Waals surface area contributed by atoms with Crippen molar-refractivity contribution in [2.24, 2.45) is 0 Å². The summed E-state index contributed by atoms with van der Waals surface area (Å²) in [5.41, 5.74) is 4.29. The van der Waals surface area contributed by atoms with E-state index in [9.17, 15) is 0 Å². The lowest BCUT2D eigenvalue weighted by atomic mass is 10.5. The molecule has 0 saturated carbocycles. The molecule has 64 valence electrons. The Bertz CT molecular complexity index is 166. The first-order valence-corrected chi connectivity index (χ1v) is 7.24. The van der Waals surface area contributed by atoms with Gasteiger partial charge in [-0.1, -0.05) is 27.7 Å². The predicted molar refractivity (Wildman–Crippen MR) is 55.3 cm³/mol. The molecule has 11 heavy (non-hydrogen) atoms. The molecule has 0 aromatic carbocycles. The van der Waals surface area contributed by atoms with E-state index < -0.39 is 7.38 Å². The first-order valence-electron chi connectivity index (χ1n) is 4.08. The molecular weight excluding hydrogens is 172 g/mol. The molecule has 0 spiro atoms. The van der Waals surface area contributed by atoms with Crippen LogP contribution in [0.1, 0.15) is 34.6 Å². The van der Waals surface area contributed by atoms with Crippen molar-refractivity contribution in [3.05, 3.63) is 0 Å². The summed E-state index contributed by atoms with van der Waals surface area (Å²) >= 11 is 6.47. The standard InChI is InChI=1S/C9H17ClSi/c1-6-7-11(10,8(2)3)9(4)5/h8-9H,1-5H3. The number of hydrogen-bond acceptors (Lipinski definition) is 0. The van der Waals surface area contributed by atoms with Gasteiger partial charge in [-0.25, -0.2) is 0 Å². The normalized spacial score (nSPS) is 11.6. The van der Waals surface area contributed by atoms with Crippen molar-refractivity contribution in [2.75, 3.05) is 0 Å². The van der Waals surface area contributed by atoms with Crippen LogP contribution in [-0.4, -0.2) is 7.38 Å². The molecule has 2 heteroatoms. The minimum absolute atomic E-state index is 0.539. The summed E-state index contributed by atoms with van der Waals surface area (Å²) in [7, 11) is -1.79. The molecule has 0 rings (SSSR count). The van der Waals surface area contributed by atoms with E-state index in [0.29, 0.717) is 11.1 Å². The van der Waals surface area contributed by atoms with Crippen LogP contribution in [0.3, 0.4) is 0 Å². The summed E-state index contributed by atoms with van der Waals surface area (Å²) in [5, 5.41) is 0. The Morgan fingerprint density at radius 3 is 1.55 bits per heavy atom. The van der Waals surface area contributed by atoms with Crippen molar-refractivity contribution in [1.82, 2.24) is 0 Å². The van der Waals surface area contributed by atoms with E-state index >= 15 is 0 Å². The van der Waals surface area contributed by atoms with Crippen molar-refractivity contribution in [1.29, 1.82) is 0 Å². The third-order valence-electron chi connectivity index (χ3n) is 2.00. The van der Waals surface area contributed by atoms with Crippen LogP contribution in [0.4, 0.5) is 0 Å². The second kappa shape index (κ2) is 4.18. The fourth-order valence-electron chi connectivity index (χ4n) is 1.15. The second-order valence-corrected chi connectivity index (χ2v) is 9.42. The van der Waals surface area contributed by atoms with E-state index in [2.05, 4.69) is 39.2 Å². The van der Waals surface area contributed by atoms with E-state index in [1.54, 1.807) is 0 Å². The van der Waals surface area contributed by atoms with Gasteiger partial charge in [-0.3, -0.25) is 0 Å². The van der Waals surface area contributed by atoms with Gasteiger partial charge in [0.05, 0.1) is 0 Å². The predicted octanol–water partition coefficient (Wildman–Crippen LogP) is 3.55. The van der Waals surface area contributed by atoms with Gasteiger partial charge in [0.1, 0.15) is 0 Å². The molecule has 0 saturated heterocycles. The lowest BCUT2D eigenvalue weighted by Gasteiger charge is -2.26. The van der Waals surface area contributed by atoms with Gasteiger partial charge in [-0.2, -0.15) is 0 Å². The maximum Gasteiger partial charge on any atom is 0.238 e. The largest absolute Gasteiger partial charge is 0.238 e. The average molecular weight is 189 g/mol. The number of halogens is 1. The Hall–Kier alpha value is 0.0669. The van der Waals surface area contributed by atoms with Gasteiger partial charge in [0.2, 0.25) is 7.38 Å². The maximum atomic E-state index is 6.47. The molecule has 0 aromatic rings. The molecule has 0 N–H and O–H groups in total. The summed E-state index contributed by atoms with van der Waals surface area (Å²) in [6.07, 6.45) is 0. The van der Waals surface area contributed by atoms with Gasteiger partial charge in [-0.05, 0) is 18.0 Å². The highest BCUT2D eigenvalue weighted by Gasteiger charge is 2.36. The minimum atomic E-state index is -1.79. The Kier molecular flexibility index (Phi) is 4.21. The summed E-state index contributed by atoms with van der Waals surface area (Å²) < 4.78 is 0. The lowest BCUT2D eigenvalue weighted by molar-refractivity contribution is 0.943. The molecule has 0 bridgehead atoms. The fourth-order valence-corrected chi connectivity index (χ4v) is 3.72. The van der Waals surface area contributed by atoms with Crippen molar-refractivity contribution >= 4 is 18.5 Å². The van der Waals surface area contributed by atoms with Gasteiger partial charge >= 0.3 is 0 Å². The van der Waals surface area contributed by atoms with Crippen molar-refractivity contribution < 1.29 is 0 Å². The fraction of sp³-hybridized carbons (Fsp3) is 0.778. The van der Waals surface area contributed by atoms with Gasteiger partial charge in [-0.15, -0.1) is 22.5 Å². The monoisotopic (exact) mass is 188 g/mol. The summed E-state index contributed by atoms with van der Waals surface area (Å²) in [6.45, 7) is 10.6. The van der Waals surface area contributed by atoms with E-state index in [1.165, 1.54) is 0 Å². The van der Waals surface area contributed by atoms with Crippen LogP contribution in [-0.2, 0) is 0 Å². The highest BCUT2D eigenvalue weighted by atomic mass is 35.6. The van der Waals surface area contributed by atoms with Gasteiger partial charge < -0.3 is 0 Å². The first kappa shape index (κ1) is 11.1. The third kappa shape index (κ3) is 2.54. The number of rotatable bonds is 2. The Balaban J connectivity index is 4.62. The molecule has 0 atom stereocenters. The van der Waals surface area contributed by atoms with Crippen molar-refractivity contribution in [3.8, 4) is 11.5 Å². The molecule has 0 aliphatic heterocycles.